The summed E-state index contributed by atoms with van der Waals surface area (Å²) in [6.07, 6.45) is 2.59. The highest BCUT2D eigenvalue weighted by atomic mass is 16.5. The van der Waals surface area contributed by atoms with Gasteiger partial charge in [-0.1, -0.05) is 6.92 Å². The lowest BCUT2D eigenvalue weighted by Gasteiger charge is -2.12. The molecule has 2 N–H and O–H groups in total. The number of ether oxygens (including phenoxy) is 1. The van der Waals surface area contributed by atoms with E-state index in [0.717, 1.165) is 29.9 Å². The molecule has 0 aliphatic heterocycles. The lowest BCUT2D eigenvalue weighted by Crippen LogP contribution is -2.15. The first-order valence-corrected chi connectivity index (χ1v) is 9.36. The van der Waals surface area contributed by atoms with Crippen LogP contribution in [0.15, 0.2) is 29.8 Å². The average molecular weight is 394 g/mol. The highest BCUT2D eigenvalue weighted by Crippen LogP contribution is 2.28. The van der Waals surface area contributed by atoms with Crippen LogP contribution in [-0.2, 0) is 16.1 Å². The van der Waals surface area contributed by atoms with Crippen LogP contribution in [0, 0.1) is 25.2 Å². The first kappa shape index (κ1) is 21.8. The number of hydrogen-bond acceptors (Lipinski definition) is 4. The van der Waals surface area contributed by atoms with E-state index in [1.807, 2.05) is 26.0 Å². The van der Waals surface area contributed by atoms with Gasteiger partial charge < -0.3 is 19.9 Å². The number of aromatic nitrogens is 1. The topological polar surface area (TPSA) is 96.1 Å². The molecule has 0 unspecified atom stereocenters. The van der Waals surface area contributed by atoms with E-state index in [4.69, 9.17) is 4.74 Å². The van der Waals surface area contributed by atoms with E-state index in [9.17, 15) is 14.9 Å². The van der Waals surface area contributed by atoms with Gasteiger partial charge in [0.15, 0.2) is 0 Å². The number of nitrogens with zero attached hydrogens (tertiary/aromatic N) is 2. The molecule has 1 aromatic heterocycles. The molecule has 1 heterocycles. The van der Waals surface area contributed by atoms with E-state index in [1.54, 1.807) is 24.3 Å². The first-order chi connectivity index (χ1) is 13.8. The number of nitriles is 1. The molecule has 0 fully saturated rings. The maximum Gasteiger partial charge on any atom is 0.266 e. The Kier molecular flexibility index (Phi) is 7.21. The number of carbonyl (C=O) groups is 2. The molecule has 152 valence electrons. The second kappa shape index (κ2) is 9.60. The van der Waals surface area contributed by atoms with Gasteiger partial charge in [0.05, 0.1) is 12.8 Å². The quantitative estimate of drug-likeness (QED) is 0.547. The zero-order chi connectivity index (χ0) is 21.6. The summed E-state index contributed by atoms with van der Waals surface area (Å²) >= 11 is 0. The van der Waals surface area contributed by atoms with E-state index in [2.05, 4.69) is 22.1 Å². The van der Waals surface area contributed by atoms with Crippen LogP contribution in [0.3, 0.4) is 0 Å². The van der Waals surface area contributed by atoms with Crippen molar-refractivity contribution in [2.75, 3.05) is 17.7 Å². The van der Waals surface area contributed by atoms with Crippen LogP contribution >= 0.6 is 0 Å². The number of methoxy groups -OCH3 is 1. The minimum absolute atomic E-state index is 0.0197. The van der Waals surface area contributed by atoms with E-state index < -0.39 is 5.91 Å². The molecule has 2 rings (SSSR count). The van der Waals surface area contributed by atoms with Crippen LogP contribution in [-0.4, -0.2) is 23.5 Å². The van der Waals surface area contributed by atoms with Gasteiger partial charge in [0.2, 0.25) is 5.91 Å². The van der Waals surface area contributed by atoms with Crippen LogP contribution in [0.4, 0.5) is 11.4 Å². The maximum atomic E-state index is 12.7. The third kappa shape index (κ3) is 5.26. The van der Waals surface area contributed by atoms with Crippen molar-refractivity contribution in [3.05, 3.63) is 46.8 Å². The van der Waals surface area contributed by atoms with E-state index in [-0.39, 0.29) is 11.5 Å². The van der Waals surface area contributed by atoms with Crippen molar-refractivity contribution in [1.82, 2.24) is 4.57 Å². The van der Waals surface area contributed by atoms with Gasteiger partial charge in [-0.25, -0.2) is 0 Å². The number of nitrogens with one attached hydrogen (secondary N) is 2. The van der Waals surface area contributed by atoms with Gasteiger partial charge in [0.1, 0.15) is 17.4 Å². The molecule has 0 aliphatic carbocycles. The lowest BCUT2D eigenvalue weighted by molar-refractivity contribution is -0.114. The molecule has 29 heavy (non-hydrogen) atoms. The Hall–Kier alpha value is -3.53. The smallest absolute Gasteiger partial charge is 0.266 e. The molecule has 7 nitrogen and oxygen atoms in total. The normalized spacial score (nSPS) is 11.0. The molecule has 2 aromatic rings. The fourth-order valence-corrected chi connectivity index (χ4v) is 3.12. The number of benzene rings is 1. The monoisotopic (exact) mass is 394 g/mol. The number of anilines is 2. The highest BCUT2D eigenvalue weighted by molar-refractivity contribution is 6.10. The fraction of sp³-hybridized carbons (Fsp3) is 0.318. The van der Waals surface area contributed by atoms with Gasteiger partial charge in [-0.3, -0.25) is 9.59 Å². The molecule has 1 aromatic carbocycles. The molecule has 0 aliphatic rings. The Balaban J connectivity index is 2.34. The largest absolute Gasteiger partial charge is 0.495 e. The van der Waals surface area contributed by atoms with Crippen LogP contribution in [0.5, 0.6) is 5.75 Å². The summed E-state index contributed by atoms with van der Waals surface area (Å²) in [5, 5.41) is 14.9. The summed E-state index contributed by atoms with van der Waals surface area (Å²) in [5.74, 6) is -0.357. The SMILES string of the molecule is CCCn1c(C)cc(/C=C(\C#N)C(=O)Nc2cc(NC(C)=O)ccc2OC)c1C. The average Bonchev–Trinajstić information content (AvgIpc) is 2.93. The number of amides is 2. The van der Waals surface area contributed by atoms with Crippen molar-refractivity contribution in [3.63, 3.8) is 0 Å². The predicted molar refractivity (Wildman–Crippen MR) is 114 cm³/mol. The molecule has 0 bridgehead atoms. The van der Waals surface area contributed by atoms with Gasteiger partial charge in [-0.2, -0.15) is 5.26 Å². The van der Waals surface area contributed by atoms with E-state index >= 15 is 0 Å². The van der Waals surface area contributed by atoms with Crippen molar-refractivity contribution >= 4 is 29.3 Å². The van der Waals surface area contributed by atoms with Gasteiger partial charge in [0.25, 0.3) is 5.91 Å². The Morgan fingerprint density at radius 3 is 2.55 bits per heavy atom. The van der Waals surface area contributed by atoms with E-state index in [0.29, 0.717) is 17.1 Å². The third-order valence-electron chi connectivity index (χ3n) is 4.49. The summed E-state index contributed by atoms with van der Waals surface area (Å²) in [5.41, 5.74) is 3.78. The van der Waals surface area contributed by atoms with Crippen molar-refractivity contribution in [2.24, 2.45) is 0 Å². The second-order valence-corrected chi connectivity index (χ2v) is 6.70. The highest BCUT2D eigenvalue weighted by Gasteiger charge is 2.15. The second-order valence-electron chi connectivity index (χ2n) is 6.70. The van der Waals surface area contributed by atoms with Gasteiger partial charge >= 0.3 is 0 Å². The molecular formula is C22H26N4O3. The Morgan fingerprint density at radius 1 is 1.24 bits per heavy atom. The number of hydrogen-bond donors (Lipinski definition) is 2. The van der Waals surface area contributed by atoms with Crippen molar-refractivity contribution in [3.8, 4) is 11.8 Å². The van der Waals surface area contributed by atoms with Crippen LogP contribution in [0.25, 0.3) is 6.08 Å². The van der Waals surface area contributed by atoms with Crippen molar-refractivity contribution in [2.45, 2.75) is 40.7 Å². The summed E-state index contributed by atoms with van der Waals surface area (Å²) in [6.45, 7) is 8.36. The lowest BCUT2D eigenvalue weighted by atomic mass is 10.1. The minimum atomic E-state index is -0.550. The summed E-state index contributed by atoms with van der Waals surface area (Å²) in [7, 11) is 1.48. The van der Waals surface area contributed by atoms with Crippen LogP contribution in [0.1, 0.15) is 37.2 Å². The Bertz CT molecular complexity index is 996. The molecule has 2 amide bonds. The minimum Gasteiger partial charge on any atom is -0.495 e. The maximum absolute atomic E-state index is 12.7. The molecule has 0 saturated heterocycles. The molecule has 0 radical (unpaired) electrons. The zero-order valence-corrected chi connectivity index (χ0v) is 17.4. The number of rotatable bonds is 7. The Labute approximate surface area is 171 Å². The summed E-state index contributed by atoms with van der Waals surface area (Å²) in [4.78, 5) is 24.0. The molecule has 7 heteroatoms. The first-order valence-electron chi connectivity index (χ1n) is 9.36. The zero-order valence-electron chi connectivity index (χ0n) is 17.4. The molecule has 0 spiro atoms. The third-order valence-corrected chi connectivity index (χ3v) is 4.49. The molecule has 0 atom stereocenters. The van der Waals surface area contributed by atoms with Crippen molar-refractivity contribution in [1.29, 1.82) is 5.26 Å². The van der Waals surface area contributed by atoms with Crippen LogP contribution in [0.2, 0.25) is 0 Å². The predicted octanol–water partition coefficient (Wildman–Crippen LogP) is 4.03. The standard InChI is InChI=1S/C22H26N4O3/c1-6-9-26-14(2)10-17(15(26)3)11-18(13-23)22(28)25-20-12-19(24-16(4)27)7-8-21(20)29-5/h7-8,10-12H,6,9H2,1-5H3,(H,24,27)(H,25,28)/b18-11+. The van der Waals surface area contributed by atoms with Crippen LogP contribution < -0.4 is 15.4 Å². The summed E-state index contributed by atoms with van der Waals surface area (Å²) in [6, 6.07) is 8.82. The molecular weight excluding hydrogens is 368 g/mol. The fourth-order valence-electron chi connectivity index (χ4n) is 3.12. The van der Waals surface area contributed by atoms with Gasteiger partial charge in [0, 0.05) is 30.5 Å². The Morgan fingerprint density at radius 2 is 1.97 bits per heavy atom. The number of carbonyl (C=O) groups excluding carboxylic acids is 2. The van der Waals surface area contributed by atoms with Gasteiger partial charge in [-0.05, 0) is 56.2 Å². The van der Waals surface area contributed by atoms with Gasteiger partial charge in [-0.15, -0.1) is 0 Å². The van der Waals surface area contributed by atoms with Crippen molar-refractivity contribution < 1.29 is 14.3 Å². The molecule has 0 saturated carbocycles. The number of aryl methyl sites for hydroxylation is 1. The van der Waals surface area contributed by atoms with E-state index in [1.165, 1.54) is 14.0 Å². The summed E-state index contributed by atoms with van der Waals surface area (Å²) < 4.78 is 7.44.